The van der Waals surface area contributed by atoms with E-state index < -0.39 is 0 Å². The third-order valence-corrected chi connectivity index (χ3v) is 3.61. The van der Waals surface area contributed by atoms with Crippen molar-refractivity contribution in [2.45, 2.75) is 52.1 Å². The minimum Gasteiger partial charge on any atom is -0.354 e. The van der Waals surface area contributed by atoms with Gasteiger partial charge in [0.2, 0.25) is 5.91 Å². The van der Waals surface area contributed by atoms with Gasteiger partial charge in [0, 0.05) is 18.3 Å². The molecule has 0 bridgehead atoms. The van der Waals surface area contributed by atoms with Crippen molar-refractivity contribution in [3.63, 3.8) is 0 Å². The van der Waals surface area contributed by atoms with E-state index in [4.69, 9.17) is 0 Å². The van der Waals surface area contributed by atoms with Crippen LogP contribution in [0.5, 0.6) is 0 Å². The second-order valence-electron chi connectivity index (χ2n) is 5.82. The van der Waals surface area contributed by atoms with Gasteiger partial charge in [0.15, 0.2) is 0 Å². The number of aryl methyl sites for hydroxylation is 1. The van der Waals surface area contributed by atoms with Crippen LogP contribution in [0.1, 0.15) is 49.3 Å². The average molecular weight is 290 g/mol. The van der Waals surface area contributed by atoms with Gasteiger partial charge in [-0.25, -0.2) is 4.98 Å². The normalized spacial score (nSPS) is 21.3. The van der Waals surface area contributed by atoms with Crippen molar-refractivity contribution in [2.75, 3.05) is 0 Å². The molecule has 1 saturated carbocycles. The van der Waals surface area contributed by atoms with Gasteiger partial charge in [0.25, 0.3) is 5.91 Å². The molecule has 6 heteroatoms. The molecule has 0 radical (unpaired) electrons. The highest BCUT2D eigenvalue weighted by molar-refractivity contribution is 5.92. The van der Waals surface area contributed by atoms with Crippen LogP contribution in [0.4, 0.5) is 0 Å². The monoisotopic (exact) mass is 290 g/mol. The Labute approximate surface area is 124 Å². The molecule has 2 rings (SSSR count). The summed E-state index contributed by atoms with van der Waals surface area (Å²) < 4.78 is 0. The topological polar surface area (TPSA) is 84.0 Å². The third kappa shape index (κ3) is 4.00. The van der Waals surface area contributed by atoms with Crippen molar-refractivity contribution >= 4 is 11.8 Å². The number of hydrogen-bond donors (Lipinski definition) is 2. The zero-order chi connectivity index (χ0) is 15.4. The van der Waals surface area contributed by atoms with Crippen molar-refractivity contribution in [1.82, 2.24) is 20.6 Å². The largest absolute Gasteiger partial charge is 0.354 e. The minimum absolute atomic E-state index is 0.0165. The number of rotatable bonds is 4. The lowest BCUT2D eigenvalue weighted by Gasteiger charge is -2.21. The molecule has 1 aromatic heterocycles. The number of amides is 2. The second-order valence-corrected chi connectivity index (χ2v) is 5.82. The predicted octanol–water partition coefficient (Wildman–Crippen LogP) is 1.21. The van der Waals surface area contributed by atoms with Crippen molar-refractivity contribution in [1.29, 1.82) is 0 Å². The summed E-state index contributed by atoms with van der Waals surface area (Å²) in [6.07, 6.45) is 5.60. The lowest BCUT2D eigenvalue weighted by atomic mass is 10.0. The first-order chi connectivity index (χ1) is 9.97. The lowest BCUT2D eigenvalue weighted by Crippen LogP contribution is -2.45. The molecular weight excluding hydrogens is 268 g/mol. The van der Waals surface area contributed by atoms with E-state index in [2.05, 4.69) is 20.6 Å². The van der Waals surface area contributed by atoms with E-state index in [9.17, 15) is 9.59 Å². The Bertz CT molecular complexity index is 513. The van der Waals surface area contributed by atoms with Crippen molar-refractivity contribution < 1.29 is 9.59 Å². The van der Waals surface area contributed by atoms with Crippen LogP contribution in [-0.4, -0.2) is 33.9 Å². The van der Waals surface area contributed by atoms with E-state index in [0.29, 0.717) is 0 Å². The molecule has 114 valence electrons. The zero-order valence-corrected chi connectivity index (χ0v) is 12.7. The van der Waals surface area contributed by atoms with Crippen molar-refractivity contribution in [2.24, 2.45) is 5.92 Å². The van der Waals surface area contributed by atoms with Crippen LogP contribution >= 0.6 is 0 Å². The maximum absolute atomic E-state index is 12.2. The molecule has 1 aliphatic carbocycles. The number of aromatic nitrogens is 2. The Morgan fingerprint density at radius 2 is 2.00 bits per heavy atom. The Kier molecular flexibility index (Phi) is 4.88. The summed E-state index contributed by atoms with van der Waals surface area (Å²) in [6.45, 7) is 5.68. The molecule has 1 aromatic rings. The van der Waals surface area contributed by atoms with Gasteiger partial charge in [-0.2, -0.15) is 0 Å². The molecule has 1 aliphatic rings. The average Bonchev–Trinajstić information content (AvgIpc) is 2.86. The molecule has 0 unspecified atom stereocenters. The van der Waals surface area contributed by atoms with Crippen LogP contribution in [0.15, 0.2) is 12.4 Å². The van der Waals surface area contributed by atoms with Gasteiger partial charge in [-0.05, 0) is 33.6 Å². The fraction of sp³-hybridized carbons (Fsp3) is 0.600. The third-order valence-electron chi connectivity index (χ3n) is 3.61. The summed E-state index contributed by atoms with van der Waals surface area (Å²) in [6, 6.07) is -0.0169. The first-order valence-electron chi connectivity index (χ1n) is 7.37. The van der Waals surface area contributed by atoms with Gasteiger partial charge >= 0.3 is 0 Å². The number of carbonyl (C=O) groups excluding carboxylic acids is 2. The predicted molar refractivity (Wildman–Crippen MR) is 78.6 cm³/mol. The number of carbonyl (C=O) groups is 2. The van der Waals surface area contributed by atoms with E-state index in [0.717, 1.165) is 25.0 Å². The van der Waals surface area contributed by atoms with Gasteiger partial charge < -0.3 is 10.6 Å². The van der Waals surface area contributed by atoms with Crippen LogP contribution < -0.4 is 10.6 Å². The maximum atomic E-state index is 12.2. The highest BCUT2D eigenvalue weighted by Crippen LogP contribution is 2.26. The first kappa shape index (κ1) is 15.4. The van der Waals surface area contributed by atoms with Crippen LogP contribution in [0, 0.1) is 12.8 Å². The molecular formula is C15H22N4O2. The number of nitrogens with zero attached hydrogens (tertiary/aromatic N) is 2. The maximum Gasteiger partial charge on any atom is 0.271 e. The highest BCUT2D eigenvalue weighted by Gasteiger charge is 2.34. The molecule has 0 aliphatic heterocycles. The van der Waals surface area contributed by atoms with Gasteiger partial charge in [-0.1, -0.05) is 6.42 Å². The molecule has 21 heavy (non-hydrogen) atoms. The van der Waals surface area contributed by atoms with E-state index in [1.807, 2.05) is 20.8 Å². The fourth-order valence-corrected chi connectivity index (χ4v) is 2.59. The van der Waals surface area contributed by atoms with Gasteiger partial charge in [-0.3, -0.25) is 14.6 Å². The molecule has 0 aromatic carbocycles. The molecule has 2 atom stereocenters. The Morgan fingerprint density at radius 1 is 1.24 bits per heavy atom. The van der Waals surface area contributed by atoms with E-state index in [-0.39, 0.29) is 35.5 Å². The smallest absolute Gasteiger partial charge is 0.271 e. The fourth-order valence-electron chi connectivity index (χ4n) is 2.59. The van der Waals surface area contributed by atoms with Crippen LogP contribution in [-0.2, 0) is 4.79 Å². The number of hydrogen-bond acceptors (Lipinski definition) is 4. The molecule has 2 N–H and O–H groups in total. The molecule has 0 spiro atoms. The van der Waals surface area contributed by atoms with Gasteiger partial charge in [0.05, 0.1) is 17.8 Å². The Morgan fingerprint density at radius 3 is 2.62 bits per heavy atom. The van der Waals surface area contributed by atoms with Crippen molar-refractivity contribution in [3.05, 3.63) is 23.8 Å². The van der Waals surface area contributed by atoms with Gasteiger partial charge in [-0.15, -0.1) is 0 Å². The minimum atomic E-state index is -0.267. The first-order valence-corrected chi connectivity index (χ1v) is 7.37. The zero-order valence-electron chi connectivity index (χ0n) is 12.7. The summed E-state index contributed by atoms with van der Waals surface area (Å²) in [5, 5.41) is 5.83. The molecule has 1 fully saturated rings. The van der Waals surface area contributed by atoms with E-state index in [1.165, 1.54) is 6.20 Å². The quantitative estimate of drug-likeness (QED) is 0.873. The second kappa shape index (κ2) is 6.65. The SMILES string of the molecule is Cc1cnc(C(=O)N[C@@H]2CCC[C@@H]2C(=O)NC(C)C)cn1. The number of nitrogens with one attached hydrogen (secondary N) is 2. The van der Waals surface area contributed by atoms with Crippen LogP contribution in [0.25, 0.3) is 0 Å². The molecule has 0 saturated heterocycles. The summed E-state index contributed by atoms with van der Waals surface area (Å²) in [4.78, 5) is 32.4. The lowest BCUT2D eigenvalue weighted by molar-refractivity contribution is -0.125. The summed E-state index contributed by atoms with van der Waals surface area (Å²) >= 11 is 0. The van der Waals surface area contributed by atoms with Crippen molar-refractivity contribution in [3.8, 4) is 0 Å². The molecule has 2 amide bonds. The van der Waals surface area contributed by atoms with Crippen LogP contribution in [0.3, 0.4) is 0 Å². The molecule has 1 heterocycles. The summed E-state index contributed by atoms with van der Waals surface area (Å²) in [5.74, 6) is -0.408. The summed E-state index contributed by atoms with van der Waals surface area (Å²) in [5.41, 5.74) is 1.05. The Balaban J connectivity index is 1.99. The standard InChI is InChI=1S/C15H22N4O2/c1-9(2)18-14(20)11-5-4-6-12(11)19-15(21)13-8-16-10(3)7-17-13/h7-9,11-12H,4-6H2,1-3H3,(H,18,20)(H,19,21)/t11-,12+/m0/s1. The van der Waals surface area contributed by atoms with Crippen LogP contribution in [0.2, 0.25) is 0 Å². The Hall–Kier alpha value is -1.98. The molecule has 6 nitrogen and oxygen atoms in total. The van der Waals surface area contributed by atoms with E-state index in [1.54, 1.807) is 6.20 Å². The van der Waals surface area contributed by atoms with E-state index >= 15 is 0 Å². The van der Waals surface area contributed by atoms with Gasteiger partial charge in [0.1, 0.15) is 5.69 Å². The highest BCUT2D eigenvalue weighted by atomic mass is 16.2. The summed E-state index contributed by atoms with van der Waals surface area (Å²) in [7, 11) is 0.